The Kier molecular flexibility index (Phi) is 3.75. The lowest BCUT2D eigenvalue weighted by Gasteiger charge is -2.39. The summed E-state index contributed by atoms with van der Waals surface area (Å²) in [6, 6.07) is -0.726. The molecule has 22 heavy (non-hydrogen) atoms. The van der Waals surface area contributed by atoms with Crippen LogP contribution in [0.15, 0.2) is 0 Å². The summed E-state index contributed by atoms with van der Waals surface area (Å²) >= 11 is 0. The van der Waals surface area contributed by atoms with Gasteiger partial charge < -0.3 is 34.5 Å². The van der Waals surface area contributed by atoms with Crippen molar-refractivity contribution in [2.75, 3.05) is 0 Å². The van der Waals surface area contributed by atoms with Crippen LogP contribution in [0.2, 0.25) is 0 Å². The summed E-state index contributed by atoms with van der Waals surface area (Å²) < 4.78 is 29.3. The molecule has 3 aliphatic rings. The lowest BCUT2D eigenvalue weighted by molar-refractivity contribution is -0.238. The van der Waals surface area contributed by atoms with Crippen molar-refractivity contribution in [3.8, 4) is 0 Å². The molecule has 0 aromatic rings. The molecule has 3 heterocycles. The van der Waals surface area contributed by atoms with Gasteiger partial charge in [0.05, 0.1) is 6.42 Å². The van der Waals surface area contributed by atoms with Crippen molar-refractivity contribution in [1.82, 2.24) is 0 Å². The molecule has 8 nitrogen and oxygen atoms in total. The van der Waals surface area contributed by atoms with Gasteiger partial charge in [-0.05, 0) is 27.7 Å². The molecule has 3 N–H and O–H groups in total. The van der Waals surface area contributed by atoms with Crippen molar-refractivity contribution in [3.05, 3.63) is 0 Å². The van der Waals surface area contributed by atoms with Gasteiger partial charge in [0.1, 0.15) is 24.4 Å². The maximum atomic E-state index is 10.9. The SMILES string of the molecule is CC1(C)O[C@H]2[C@@H](O1)[C@@H](C(N)CC(=O)O)O[C@@H]1OC(C)(C)O[C@@H]12. The molecule has 3 rings (SSSR count). The monoisotopic (exact) mass is 317 g/mol. The second kappa shape index (κ2) is 5.12. The summed E-state index contributed by atoms with van der Waals surface area (Å²) in [5.41, 5.74) is 6.01. The topological polar surface area (TPSA) is 109 Å². The molecule has 0 bridgehead atoms. The van der Waals surface area contributed by atoms with Crippen LogP contribution in [-0.4, -0.2) is 59.4 Å². The van der Waals surface area contributed by atoms with Crippen LogP contribution in [0.3, 0.4) is 0 Å². The predicted octanol–water partition coefficient (Wildman–Crippen LogP) is 0.185. The van der Waals surface area contributed by atoms with Gasteiger partial charge in [0, 0.05) is 6.04 Å². The molecule has 1 unspecified atom stereocenters. The summed E-state index contributed by atoms with van der Waals surface area (Å²) in [6.07, 6.45) is -2.86. The largest absolute Gasteiger partial charge is 0.481 e. The van der Waals surface area contributed by atoms with E-state index in [4.69, 9.17) is 34.5 Å². The average molecular weight is 317 g/mol. The molecule has 0 saturated carbocycles. The summed E-state index contributed by atoms with van der Waals surface area (Å²) in [7, 11) is 0. The Hall–Kier alpha value is -0.770. The zero-order valence-corrected chi connectivity index (χ0v) is 13.1. The standard InChI is InChI=1S/C14H23NO7/c1-13(2)19-9-8(6(15)5-7(16)17)18-12-11(10(9)20-13)21-14(3,4)22-12/h6,8-12H,5,15H2,1-4H3,(H,16,17)/t6?,8-,9+,10+,11-,12-/m1/s1. The lowest BCUT2D eigenvalue weighted by atomic mass is 9.93. The van der Waals surface area contributed by atoms with Crippen LogP contribution in [0.25, 0.3) is 0 Å². The van der Waals surface area contributed by atoms with Gasteiger partial charge in [-0.25, -0.2) is 0 Å². The van der Waals surface area contributed by atoms with Crippen molar-refractivity contribution < 1.29 is 33.6 Å². The highest BCUT2D eigenvalue weighted by molar-refractivity contribution is 5.67. The van der Waals surface area contributed by atoms with Gasteiger partial charge in [-0.1, -0.05) is 0 Å². The number of ether oxygens (including phenoxy) is 5. The zero-order chi connectivity index (χ0) is 16.3. The van der Waals surface area contributed by atoms with E-state index >= 15 is 0 Å². The number of rotatable bonds is 3. The van der Waals surface area contributed by atoms with Crippen LogP contribution >= 0.6 is 0 Å². The third-order valence-corrected chi connectivity index (χ3v) is 4.02. The van der Waals surface area contributed by atoms with Gasteiger partial charge in [-0.15, -0.1) is 0 Å². The fourth-order valence-corrected chi connectivity index (χ4v) is 3.30. The van der Waals surface area contributed by atoms with E-state index in [1.165, 1.54) is 0 Å². The van der Waals surface area contributed by atoms with Crippen molar-refractivity contribution in [2.24, 2.45) is 5.73 Å². The minimum Gasteiger partial charge on any atom is -0.481 e. The number of nitrogens with two attached hydrogens (primary N) is 1. The number of hydrogen-bond donors (Lipinski definition) is 2. The van der Waals surface area contributed by atoms with Gasteiger partial charge in [0.25, 0.3) is 0 Å². The number of fused-ring (bicyclic) bond motifs is 3. The van der Waals surface area contributed by atoms with E-state index in [-0.39, 0.29) is 6.42 Å². The highest BCUT2D eigenvalue weighted by Gasteiger charge is 2.61. The molecule has 0 amide bonds. The van der Waals surface area contributed by atoms with E-state index in [2.05, 4.69) is 0 Å². The molecule has 3 aliphatic heterocycles. The second-order valence-electron chi connectivity index (χ2n) is 6.90. The normalized spacial score (nSPS) is 43.4. The minimum atomic E-state index is -0.989. The predicted molar refractivity (Wildman–Crippen MR) is 72.8 cm³/mol. The number of carboxylic acids is 1. The van der Waals surface area contributed by atoms with Crippen molar-refractivity contribution in [1.29, 1.82) is 0 Å². The first-order chi connectivity index (χ1) is 10.1. The molecule has 3 saturated heterocycles. The summed E-state index contributed by atoms with van der Waals surface area (Å²) in [6.45, 7) is 7.16. The molecule has 0 spiro atoms. The van der Waals surface area contributed by atoms with Gasteiger partial charge >= 0.3 is 5.97 Å². The smallest absolute Gasteiger partial charge is 0.305 e. The van der Waals surface area contributed by atoms with E-state index in [9.17, 15) is 4.79 Å². The first-order valence-corrected chi connectivity index (χ1v) is 7.42. The second-order valence-corrected chi connectivity index (χ2v) is 6.90. The third-order valence-electron chi connectivity index (χ3n) is 4.02. The Morgan fingerprint density at radius 1 is 1.05 bits per heavy atom. The van der Waals surface area contributed by atoms with Crippen LogP contribution in [0.4, 0.5) is 0 Å². The van der Waals surface area contributed by atoms with Crippen molar-refractivity contribution in [2.45, 2.75) is 82.4 Å². The first kappa shape index (κ1) is 16.1. The van der Waals surface area contributed by atoms with Crippen LogP contribution in [0.1, 0.15) is 34.1 Å². The molecule has 0 radical (unpaired) electrons. The van der Waals surface area contributed by atoms with E-state index in [1.807, 2.05) is 0 Å². The Bertz CT molecular complexity index is 466. The summed E-state index contributed by atoms with van der Waals surface area (Å²) in [5.74, 6) is -2.61. The van der Waals surface area contributed by atoms with Gasteiger partial charge in [0.2, 0.25) is 0 Å². The molecule has 8 heteroatoms. The van der Waals surface area contributed by atoms with E-state index in [0.717, 1.165) is 0 Å². The van der Waals surface area contributed by atoms with Crippen molar-refractivity contribution in [3.63, 3.8) is 0 Å². The Morgan fingerprint density at radius 2 is 1.59 bits per heavy atom. The Balaban J connectivity index is 1.85. The summed E-state index contributed by atoms with van der Waals surface area (Å²) in [5, 5.41) is 8.96. The van der Waals surface area contributed by atoms with Crippen molar-refractivity contribution >= 4 is 5.97 Å². The number of hydrogen-bond acceptors (Lipinski definition) is 7. The molecular weight excluding hydrogens is 294 g/mol. The van der Waals surface area contributed by atoms with Gasteiger partial charge in [0.15, 0.2) is 17.9 Å². The third kappa shape index (κ3) is 2.86. The van der Waals surface area contributed by atoms with Crippen LogP contribution in [0.5, 0.6) is 0 Å². The summed E-state index contributed by atoms with van der Waals surface area (Å²) in [4.78, 5) is 10.9. The lowest BCUT2D eigenvalue weighted by Crippen LogP contribution is -2.60. The molecule has 126 valence electrons. The van der Waals surface area contributed by atoms with E-state index in [1.54, 1.807) is 27.7 Å². The van der Waals surface area contributed by atoms with Gasteiger partial charge in [-0.2, -0.15) is 0 Å². The molecule has 6 atom stereocenters. The van der Waals surface area contributed by atoms with E-state index in [0.29, 0.717) is 0 Å². The number of carboxylic acid groups (broad SMARTS) is 1. The quantitative estimate of drug-likeness (QED) is 0.759. The van der Waals surface area contributed by atoms with Crippen LogP contribution in [0, 0.1) is 0 Å². The van der Waals surface area contributed by atoms with Crippen LogP contribution in [-0.2, 0) is 28.5 Å². The minimum absolute atomic E-state index is 0.223. The van der Waals surface area contributed by atoms with Crippen LogP contribution < -0.4 is 5.73 Å². The number of aliphatic carboxylic acids is 1. The zero-order valence-electron chi connectivity index (χ0n) is 13.1. The highest BCUT2D eigenvalue weighted by Crippen LogP contribution is 2.44. The molecule has 0 aliphatic carbocycles. The molecule has 3 fully saturated rings. The fourth-order valence-electron chi connectivity index (χ4n) is 3.30. The Labute approximate surface area is 128 Å². The molecular formula is C14H23NO7. The fraction of sp³-hybridized carbons (Fsp3) is 0.929. The highest BCUT2D eigenvalue weighted by atomic mass is 16.9. The van der Waals surface area contributed by atoms with Gasteiger partial charge in [-0.3, -0.25) is 4.79 Å². The maximum absolute atomic E-state index is 10.9. The number of carbonyl (C=O) groups is 1. The Morgan fingerprint density at radius 3 is 2.23 bits per heavy atom. The average Bonchev–Trinajstić information content (AvgIpc) is 2.81. The molecule has 0 aromatic heterocycles. The maximum Gasteiger partial charge on any atom is 0.305 e. The van der Waals surface area contributed by atoms with E-state index < -0.39 is 54.3 Å². The molecule has 0 aromatic carbocycles. The first-order valence-electron chi connectivity index (χ1n) is 7.42.